The fourth-order valence-electron chi connectivity index (χ4n) is 13.2. The highest BCUT2D eigenvalue weighted by Crippen LogP contribution is 2.55. The minimum Gasteiger partial charge on any atom is -0.489 e. The third kappa shape index (κ3) is 8.41. The Balaban J connectivity index is 0.824. The highest BCUT2D eigenvalue weighted by molar-refractivity contribution is 7.90. The highest BCUT2D eigenvalue weighted by Gasteiger charge is 2.51. The maximum atomic E-state index is 14.8. The largest absolute Gasteiger partial charge is 0.489 e. The van der Waals surface area contributed by atoms with Gasteiger partial charge in [0.25, 0.3) is 21.6 Å². The number of nitrogens with one attached hydrogen (secondary N) is 3. The molecule has 7 heterocycles. The van der Waals surface area contributed by atoms with E-state index in [1.807, 2.05) is 36.1 Å². The Morgan fingerprint density at radius 3 is 2.53 bits per heavy atom. The Kier molecular flexibility index (Phi) is 11.7. The number of benzene rings is 3. The summed E-state index contributed by atoms with van der Waals surface area (Å²) in [4.78, 5) is 41.4. The van der Waals surface area contributed by atoms with Gasteiger partial charge < -0.3 is 39.4 Å². The predicted octanol–water partition coefficient (Wildman–Crippen LogP) is 8.71. The van der Waals surface area contributed by atoms with Gasteiger partial charge >= 0.3 is 0 Å². The van der Waals surface area contributed by atoms with Crippen LogP contribution in [0.3, 0.4) is 0 Å². The Morgan fingerprint density at radius 2 is 1.75 bits per heavy atom. The van der Waals surface area contributed by atoms with Crippen molar-refractivity contribution in [1.29, 1.82) is 0 Å². The van der Waals surface area contributed by atoms with E-state index in [4.69, 9.17) is 19.2 Å². The van der Waals surface area contributed by atoms with E-state index in [0.717, 1.165) is 49.6 Å². The number of nitro benzene ring substituents is 1. The van der Waals surface area contributed by atoms with Crippen LogP contribution in [0.5, 0.6) is 11.6 Å². The zero-order valence-corrected chi connectivity index (χ0v) is 42.0. The zero-order chi connectivity index (χ0) is 49.7. The molecule has 1 amide bonds. The summed E-state index contributed by atoms with van der Waals surface area (Å²) >= 11 is 0. The van der Waals surface area contributed by atoms with Crippen LogP contribution in [0.2, 0.25) is 0 Å². The molecule has 5 fully saturated rings. The Labute approximate surface area is 419 Å². The summed E-state index contributed by atoms with van der Waals surface area (Å²) in [5, 5.41) is 27.2. The number of amides is 1. The number of sulfonamides is 1. The van der Waals surface area contributed by atoms with Gasteiger partial charge in [0.15, 0.2) is 11.4 Å². The number of hydrogen-bond acceptors (Lipinski definition) is 14. The molecule has 18 heteroatoms. The molecule has 2 saturated carbocycles. The fourth-order valence-corrected chi connectivity index (χ4v) is 14.2. The number of carbonyl (C=O) groups excluding carboxylic acids is 1. The molecule has 3 aromatic carbocycles. The summed E-state index contributed by atoms with van der Waals surface area (Å²) in [5.41, 5.74) is 4.80. The van der Waals surface area contributed by atoms with Crippen LogP contribution in [0, 0.1) is 21.4 Å². The molecule has 5 aliphatic heterocycles. The lowest BCUT2D eigenvalue weighted by Gasteiger charge is -2.56. The van der Waals surface area contributed by atoms with Crippen molar-refractivity contribution in [2.45, 2.75) is 132 Å². The quantitative estimate of drug-likeness (QED) is 0.0764. The van der Waals surface area contributed by atoms with Crippen molar-refractivity contribution in [3.63, 3.8) is 0 Å². The SMILES string of the molecule is CC(C)c1ccccc1[C@@H]1CCCN1C1CC2(CCN(c3ccc(C(=O)NS(=O)(=O)c4cc5c(c([N+](=O)[O-])c4)NC(C4CCC(C)(O)CC4)CO5)c(N4c5cc6cc[nH]c6nc5O[C@@H]5COC[C@H]54)c3)CC2)C1. The van der Waals surface area contributed by atoms with Gasteiger partial charge in [-0.3, -0.25) is 19.8 Å². The van der Waals surface area contributed by atoms with Crippen molar-refractivity contribution in [1.82, 2.24) is 19.6 Å². The van der Waals surface area contributed by atoms with Crippen LogP contribution >= 0.6 is 0 Å². The van der Waals surface area contributed by atoms with Gasteiger partial charge in [0, 0.05) is 54.6 Å². The smallest absolute Gasteiger partial charge is 0.297 e. The van der Waals surface area contributed by atoms with E-state index in [-0.39, 0.29) is 47.0 Å². The molecule has 2 aliphatic carbocycles. The van der Waals surface area contributed by atoms with E-state index < -0.39 is 43.1 Å². The van der Waals surface area contributed by atoms with Gasteiger partial charge in [0.1, 0.15) is 24.0 Å². The molecule has 4 N–H and O–H groups in total. The number of nitrogens with zero attached hydrogens (tertiary/aromatic N) is 5. The third-order valence-electron chi connectivity index (χ3n) is 17.3. The lowest BCUT2D eigenvalue weighted by atomic mass is 9.59. The number of H-pyrrole nitrogens is 1. The number of piperidine rings is 1. The molecule has 0 radical (unpaired) electrons. The minimum atomic E-state index is -4.71. The van der Waals surface area contributed by atoms with Gasteiger partial charge in [-0.15, -0.1) is 0 Å². The monoisotopic (exact) mass is 1000 g/mol. The number of ether oxygens (including phenoxy) is 3. The summed E-state index contributed by atoms with van der Waals surface area (Å²) in [7, 11) is -4.71. The van der Waals surface area contributed by atoms with Gasteiger partial charge in [0.2, 0.25) is 5.88 Å². The highest BCUT2D eigenvalue weighted by atomic mass is 32.2. The number of likely N-dealkylation sites (tertiary alicyclic amines) is 1. The van der Waals surface area contributed by atoms with Gasteiger partial charge in [0.05, 0.1) is 52.0 Å². The first kappa shape index (κ1) is 47.1. The first-order valence-electron chi connectivity index (χ1n) is 25.9. The molecule has 72 heavy (non-hydrogen) atoms. The van der Waals surface area contributed by atoms with Gasteiger partial charge in [-0.05, 0) is 136 Å². The molecule has 4 atom stereocenters. The van der Waals surface area contributed by atoms with Crippen molar-refractivity contribution in [2.24, 2.45) is 11.3 Å². The van der Waals surface area contributed by atoms with E-state index in [2.05, 4.69) is 62.9 Å². The van der Waals surface area contributed by atoms with Gasteiger partial charge in [-0.2, -0.15) is 4.98 Å². The number of fused-ring (bicyclic) bond motifs is 4. The van der Waals surface area contributed by atoms with Crippen LogP contribution in [-0.4, -0.2) is 109 Å². The first-order chi connectivity index (χ1) is 34.6. The molecule has 7 aliphatic rings. The average molecular weight is 1000 g/mol. The molecule has 5 aromatic rings. The lowest BCUT2D eigenvalue weighted by molar-refractivity contribution is -0.384. The van der Waals surface area contributed by atoms with Gasteiger partial charge in [-0.1, -0.05) is 38.1 Å². The lowest BCUT2D eigenvalue weighted by Crippen LogP contribution is -2.55. The molecule has 2 aromatic heterocycles. The zero-order valence-electron chi connectivity index (χ0n) is 41.1. The van der Waals surface area contributed by atoms with Crippen LogP contribution in [0.15, 0.2) is 77.8 Å². The van der Waals surface area contributed by atoms with Crippen molar-refractivity contribution in [3.05, 3.63) is 99.7 Å². The van der Waals surface area contributed by atoms with E-state index >= 15 is 0 Å². The van der Waals surface area contributed by atoms with E-state index in [1.165, 1.54) is 42.9 Å². The number of aliphatic hydroxyl groups is 1. The van der Waals surface area contributed by atoms with Crippen molar-refractivity contribution < 1.29 is 37.5 Å². The number of aromatic amines is 1. The Bertz CT molecular complexity index is 3040. The summed E-state index contributed by atoms with van der Waals surface area (Å²) in [6, 6.07) is 21.0. The van der Waals surface area contributed by atoms with Crippen LogP contribution in [0.4, 0.5) is 28.4 Å². The van der Waals surface area contributed by atoms with E-state index in [9.17, 15) is 28.4 Å². The maximum absolute atomic E-state index is 14.8. The number of aromatic nitrogens is 2. The molecule has 380 valence electrons. The van der Waals surface area contributed by atoms with Crippen molar-refractivity contribution >= 4 is 55.4 Å². The first-order valence-corrected chi connectivity index (χ1v) is 27.4. The fraction of sp³-hybridized carbons (Fsp3) is 0.519. The average Bonchev–Trinajstić information content (AvgIpc) is 4.15. The number of carbonyl (C=O) groups is 1. The number of pyridine rings is 1. The van der Waals surface area contributed by atoms with Crippen LogP contribution < -0.4 is 29.3 Å². The summed E-state index contributed by atoms with van der Waals surface area (Å²) in [5.74, 6) is 0.0517. The molecule has 12 rings (SSSR count). The maximum Gasteiger partial charge on any atom is 0.297 e. The molecular formula is C54H64N8O9S. The predicted molar refractivity (Wildman–Crippen MR) is 273 cm³/mol. The Hall–Kier alpha value is -5.95. The second kappa shape index (κ2) is 17.9. The number of nitro groups is 1. The van der Waals surface area contributed by atoms with Crippen LogP contribution in [0.25, 0.3) is 11.0 Å². The second-order valence-corrected chi connectivity index (χ2v) is 23.9. The topological polar surface area (TPSA) is 205 Å². The van der Waals surface area contributed by atoms with E-state index in [1.54, 1.807) is 12.3 Å². The van der Waals surface area contributed by atoms with Crippen molar-refractivity contribution in [3.8, 4) is 11.6 Å². The number of hydrogen-bond donors (Lipinski definition) is 4. The molecular weight excluding hydrogens is 937 g/mol. The molecule has 1 spiro atoms. The summed E-state index contributed by atoms with van der Waals surface area (Å²) in [6.07, 6.45) is 10.9. The van der Waals surface area contributed by atoms with Gasteiger partial charge in [-0.25, -0.2) is 13.1 Å². The number of rotatable bonds is 10. The molecule has 3 saturated heterocycles. The molecule has 0 bridgehead atoms. The summed E-state index contributed by atoms with van der Waals surface area (Å²) in [6.45, 7) is 9.97. The summed E-state index contributed by atoms with van der Waals surface area (Å²) < 4.78 is 49.5. The standard InChI is InChI=1S/C54H64N8O9S/c1-32(2)38-7-4-5-8-39(38)42-9-6-20-60(42)36-27-54(28-36)17-21-59(22-18-54)35-10-11-40(43(24-35)61-45-23-34-14-19-55-50(34)57-52(45)71-48-31-69-30-46(48)61)51(63)58-72(67,68)37-25-44(62(65)66)49-47(26-37)70-29-41(56-49)33-12-15-53(3,64)16-13-33/h4-5,7-8,10-11,14,19,23-26,32-33,36,41-42,46,48,56,64H,6,9,12-13,15-18,20-22,27-31H2,1-3H3,(H,55,57)(H,58,63)/t33?,41?,42-,46+,48+,53?/m0/s1. The van der Waals surface area contributed by atoms with E-state index in [0.29, 0.717) is 79.8 Å². The third-order valence-corrected chi connectivity index (χ3v) is 18.6. The van der Waals surface area contributed by atoms with Crippen molar-refractivity contribution in [2.75, 3.05) is 54.6 Å². The van der Waals surface area contributed by atoms with Crippen LogP contribution in [-0.2, 0) is 14.8 Å². The normalized spacial score (nSPS) is 27.1. The van der Waals surface area contributed by atoms with Crippen LogP contribution in [0.1, 0.15) is 118 Å². The Morgan fingerprint density at radius 1 is 0.958 bits per heavy atom. The number of anilines is 4. The second-order valence-electron chi connectivity index (χ2n) is 22.2. The molecule has 17 nitrogen and oxygen atoms in total. The minimum absolute atomic E-state index is 0.00952. The molecule has 1 unspecified atom stereocenters.